The molecule has 5 rings (SSSR count). The van der Waals surface area contributed by atoms with Gasteiger partial charge in [-0.1, -0.05) is 56.3 Å². The van der Waals surface area contributed by atoms with Gasteiger partial charge in [-0.05, 0) is 72.2 Å². The molecule has 1 N–H and O–H groups in total. The van der Waals surface area contributed by atoms with E-state index in [1.807, 2.05) is 76.6 Å². The summed E-state index contributed by atoms with van der Waals surface area (Å²) in [4.78, 5) is 16.0. The maximum Gasteiger partial charge on any atom is 0.234 e. The lowest BCUT2D eigenvalue weighted by Gasteiger charge is -2.31. The summed E-state index contributed by atoms with van der Waals surface area (Å²) in [6.07, 6.45) is 6.28. The molecule has 1 amide bonds. The van der Waals surface area contributed by atoms with Crippen molar-refractivity contribution in [3.8, 4) is 11.4 Å². The van der Waals surface area contributed by atoms with Crippen molar-refractivity contribution in [2.24, 2.45) is 0 Å². The van der Waals surface area contributed by atoms with Gasteiger partial charge in [-0.3, -0.25) is 4.79 Å². The van der Waals surface area contributed by atoms with Gasteiger partial charge in [0.2, 0.25) is 5.91 Å². The highest BCUT2D eigenvalue weighted by atomic mass is 16.3. The molecule has 5 heteroatoms. The number of phenolic OH excluding ortho intramolecular Hbond substituents is 1. The number of phenols is 1. The van der Waals surface area contributed by atoms with E-state index in [0.29, 0.717) is 12.5 Å². The van der Waals surface area contributed by atoms with Crippen LogP contribution in [0.25, 0.3) is 5.69 Å². The minimum Gasteiger partial charge on any atom is -0.508 e. The molecular weight excluding hydrogens is 434 g/mol. The Labute approximate surface area is 206 Å². The van der Waals surface area contributed by atoms with Crippen LogP contribution in [-0.4, -0.2) is 20.8 Å². The Hall–Kier alpha value is -3.86. The molecule has 0 saturated heterocycles. The molecule has 1 unspecified atom stereocenters. The minimum absolute atomic E-state index is 0.0568. The van der Waals surface area contributed by atoms with Crippen LogP contribution in [0.15, 0.2) is 85.2 Å². The zero-order chi connectivity index (χ0) is 24.4. The van der Waals surface area contributed by atoms with Crippen molar-refractivity contribution in [1.29, 1.82) is 0 Å². The highest BCUT2D eigenvalue weighted by molar-refractivity contribution is 5.98. The first-order valence-electron chi connectivity index (χ1n) is 12.3. The van der Waals surface area contributed by atoms with Gasteiger partial charge in [0.1, 0.15) is 5.75 Å². The van der Waals surface area contributed by atoms with Gasteiger partial charge in [0.25, 0.3) is 0 Å². The highest BCUT2D eigenvalue weighted by Gasteiger charge is 2.32. The quantitative estimate of drug-likeness (QED) is 0.361. The number of fused-ring (bicyclic) bond motifs is 1. The second-order valence-electron chi connectivity index (χ2n) is 9.59. The van der Waals surface area contributed by atoms with E-state index in [-0.39, 0.29) is 17.6 Å². The van der Waals surface area contributed by atoms with Crippen LogP contribution in [-0.2, 0) is 17.8 Å². The SMILES string of the molecule is CC(C)c1ccc(N(Cc2cnn(-c3ccccc3)c2)C(=O)C2CCCc3c(O)cccc32)cc1. The summed E-state index contributed by atoms with van der Waals surface area (Å²) < 4.78 is 1.84. The topological polar surface area (TPSA) is 58.4 Å². The van der Waals surface area contributed by atoms with Crippen molar-refractivity contribution in [2.75, 3.05) is 4.90 Å². The molecule has 0 spiro atoms. The first-order valence-corrected chi connectivity index (χ1v) is 12.3. The number of anilines is 1. The predicted molar refractivity (Wildman–Crippen MR) is 139 cm³/mol. The van der Waals surface area contributed by atoms with Crippen molar-refractivity contribution in [3.63, 3.8) is 0 Å². The molecular formula is C30H31N3O2. The van der Waals surface area contributed by atoms with E-state index in [0.717, 1.165) is 47.3 Å². The van der Waals surface area contributed by atoms with E-state index in [2.05, 4.69) is 31.1 Å². The first kappa shape index (κ1) is 22.9. The third-order valence-corrected chi connectivity index (χ3v) is 6.92. The normalized spacial score (nSPS) is 15.1. The van der Waals surface area contributed by atoms with Crippen LogP contribution in [0.2, 0.25) is 0 Å². The maximum absolute atomic E-state index is 14.1. The third-order valence-electron chi connectivity index (χ3n) is 6.92. The molecule has 1 aliphatic rings. The Bertz CT molecular complexity index is 1310. The van der Waals surface area contributed by atoms with E-state index in [1.54, 1.807) is 6.07 Å². The third kappa shape index (κ3) is 4.72. The average Bonchev–Trinajstić information content (AvgIpc) is 3.36. The number of carbonyl (C=O) groups is 1. The van der Waals surface area contributed by atoms with Gasteiger partial charge < -0.3 is 10.0 Å². The lowest BCUT2D eigenvalue weighted by molar-refractivity contribution is -0.120. The largest absolute Gasteiger partial charge is 0.508 e. The van der Waals surface area contributed by atoms with Gasteiger partial charge in [0, 0.05) is 17.4 Å². The Morgan fingerprint density at radius 2 is 1.83 bits per heavy atom. The van der Waals surface area contributed by atoms with E-state index in [9.17, 15) is 9.90 Å². The molecule has 35 heavy (non-hydrogen) atoms. The van der Waals surface area contributed by atoms with Crippen LogP contribution in [0.5, 0.6) is 5.75 Å². The van der Waals surface area contributed by atoms with E-state index in [1.165, 1.54) is 5.56 Å². The first-order chi connectivity index (χ1) is 17.0. The monoisotopic (exact) mass is 465 g/mol. The number of aromatic hydroxyl groups is 1. The van der Waals surface area contributed by atoms with Gasteiger partial charge in [-0.15, -0.1) is 0 Å². The fraction of sp³-hybridized carbons (Fsp3) is 0.267. The predicted octanol–water partition coefficient (Wildman–Crippen LogP) is 6.35. The van der Waals surface area contributed by atoms with Crippen LogP contribution >= 0.6 is 0 Å². The zero-order valence-corrected chi connectivity index (χ0v) is 20.3. The molecule has 0 aliphatic heterocycles. The van der Waals surface area contributed by atoms with E-state index >= 15 is 0 Å². The summed E-state index contributed by atoms with van der Waals surface area (Å²) in [5, 5.41) is 14.9. The number of carbonyl (C=O) groups excluding carboxylic acids is 1. The van der Waals surface area contributed by atoms with Gasteiger partial charge in [-0.2, -0.15) is 5.10 Å². The molecule has 5 nitrogen and oxygen atoms in total. The van der Waals surface area contributed by atoms with Gasteiger partial charge in [0.15, 0.2) is 0 Å². The second-order valence-corrected chi connectivity index (χ2v) is 9.59. The van der Waals surface area contributed by atoms with Crippen LogP contribution in [0.4, 0.5) is 5.69 Å². The fourth-order valence-corrected chi connectivity index (χ4v) is 4.96. The Morgan fingerprint density at radius 3 is 2.57 bits per heavy atom. The molecule has 0 saturated carbocycles. The van der Waals surface area contributed by atoms with Crippen LogP contribution < -0.4 is 4.90 Å². The van der Waals surface area contributed by atoms with Crippen molar-refractivity contribution in [1.82, 2.24) is 9.78 Å². The Kier molecular flexibility index (Phi) is 6.41. The van der Waals surface area contributed by atoms with Crippen molar-refractivity contribution in [3.05, 3.63) is 107 Å². The molecule has 3 aromatic carbocycles. The maximum atomic E-state index is 14.1. The molecule has 1 aliphatic carbocycles. The molecule has 0 radical (unpaired) electrons. The summed E-state index contributed by atoms with van der Waals surface area (Å²) in [7, 11) is 0. The van der Waals surface area contributed by atoms with E-state index in [4.69, 9.17) is 0 Å². The molecule has 0 fully saturated rings. The van der Waals surface area contributed by atoms with Gasteiger partial charge in [-0.25, -0.2) is 4.68 Å². The smallest absolute Gasteiger partial charge is 0.234 e. The average molecular weight is 466 g/mol. The molecule has 4 aromatic rings. The zero-order valence-electron chi connectivity index (χ0n) is 20.3. The Morgan fingerprint density at radius 1 is 1.06 bits per heavy atom. The van der Waals surface area contributed by atoms with Crippen molar-refractivity contribution >= 4 is 11.6 Å². The number of hydrogen-bond acceptors (Lipinski definition) is 3. The molecule has 1 aromatic heterocycles. The van der Waals surface area contributed by atoms with Crippen molar-refractivity contribution < 1.29 is 9.90 Å². The number of nitrogens with zero attached hydrogens (tertiary/aromatic N) is 3. The molecule has 178 valence electrons. The lowest BCUT2D eigenvalue weighted by atomic mass is 9.81. The number of para-hydroxylation sites is 1. The van der Waals surface area contributed by atoms with Crippen LogP contribution in [0.1, 0.15) is 60.8 Å². The number of rotatable bonds is 6. The van der Waals surface area contributed by atoms with Crippen LogP contribution in [0, 0.1) is 0 Å². The van der Waals surface area contributed by atoms with Crippen LogP contribution in [0.3, 0.4) is 0 Å². The Balaban J connectivity index is 1.49. The summed E-state index contributed by atoms with van der Waals surface area (Å²) >= 11 is 0. The summed E-state index contributed by atoms with van der Waals surface area (Å²) in [5.41, 5.74) is 5.91. The number of benzene rings is 3. The second kappa shape index (κ2) is 9.79. The standard InChI is InChI=1S/C30H31N3O2/c1-21(2)23-14-16-24(17-15-23)32(19-22-18-31-33(20-22)25-8-4-3-5-9-25)30(35)28-12-6-11-27-26(28)10-7-13-29(27)34/h3-5,7-10,13-18,20-21,28,34H,6,11-12,19H2,1-2H3. The number of aromatic nitrogens is 2. The highest BCUT2D eigenvalue weighted by Crippen LogP contribution is 2.38. The van der Waals surface area contributed by atoms with Crippen molar-refractivity contribution in [2.45, 2.75) is 51.5 Å². The number of amides is 1. The molecule has 1 heterocycles. The molecule has 0 bridgehead atoms. The lowest BCUT2D eigenvalue weighted by Crippen LogP contribution is -2.36. The number of hydrogen-bond donors (Lipinski definition) is 1. The van der Waals surface area contributed by atoms with Gasteiger partial charge >= 0.3 is 0 Å². The summed E-state index contributed by atoms with van der Waals surface area (Å²) in [6, 6.07) is 23.8. The fourth-order valence-electron chi connectivity index (χ4n) is 4.96. The minimum atomic E-state index is -0.278. The summed E-state index contributed by atoms with van der Waals surface area (Å²) in [5.74, 6) is 0.489. The molecule has 1 atom stereocenters. The van der Waals surface area contributed by atoms with Gasteiger partial charge in [0.05, 0.1) is 24.3 Å². The summed E-state index contributed by atoms with van der Waals surface area (Å²) in [6.45, 7) is 4.76. The van der Waals surface area contributed by atoms with E-state index < -0.39 is 0 Å².